The number of furan rings is 1. The Labute approximate surface area is 117 Å². The van der Waals surface area contributed by atoms with Gasteiger partial charge in [0.25, 0.3) is 0 Å². The number of hydrazine groups is 1. The van der Waals surface area contributed by atoms with E-state index in [1.165, 1.54) is 0 Å². The van der Waals surface area contributed by atoms with Gasteiger partial charge in [-0.15, -0.1) is 0 Å². The second kappa shape index (κ2) is 6.53. The van der Waals surface area contributed by atoms with Gasteiger partial charge in [0.05, 0.1) is 6.54 Å². The van der Waals surface area contributed by atoms with E-state index in [0.717, 1.165) is 31.7 Å². The first kappa shape index (κ1) is 14.5. The van der Waals surface area contributed by atoms with Gasteiger partial charge in [-0.05, 0) is 38.1 Å². The van der Waals surface area contributed by atoms with Crippen LogP contribution in [0.3, 0.4) is 0 Å². The zero-order valence-corrected chi connectivity index (χ0v) is 11.5. The van der Waals surface area contributed by atoms with E-state index >= 15 is 0 Å². The Bertz CT molecular complexity index is 478. The number of nitrogens with one attached hydrogen (secondary N) is 2. The van der Waals surface area contributed by atoms with Gasteiger partial charge >= 0.3 is 5.91 Å². The van der Waals surface area contributed by atoms with E-state index in [0.29, 0.717) is 6.54 Å². The van der Waals surface area contributed by atoms with Gasteiger partial charge in [0.15, 0.2) is 5.76 Å². The molecule has 0 bridgehead atoms. The fraction of sp³-hybridized carbons (Fsp3) is 0.538. The summed E-state index contributed by atoms with van der Waals surface area (Å²) in [5, 5.41) is 2.69. The monoisotopic (exact) mass is 280 g/mol. The highest BCUT2D eigenvalue weighted by Gasteiger charge is 2.24. The lowest BCUT2D eigenvalue weighted by atomic mass is 9.96. The van der Waals surface area contributed by atoms with Crippen molar-refractivity contribution < 1.29 is 14.0 Å². The molecule has 7 nitrogen and oxygen atoms in total. The van der Waals surface area contributed by atoms with Crippen LogP contribution in [0.2, 0.25) is 0 Å². The Balaban J connectivity index is 1.85. The van der Waals surface area contributed by atoms with Gasteiger partial charge in [-0.1, -0.05) is 0 Å². The van der Waals surface area contributed by atoms with Gasteiger partial charge in [0, 0.05) is 13.0 Å². The maximum absolute atomic E-state index is 11.5. The highest BCUT2D eigenvalue weighted by atomic mass is 16.4. The molecule has 1 aliphatic heterocycles. The second-order valence-electron chi connectivity index (χ2n) is 4.90. The van der Waals surface area contributed by atoms with Gasteiger partial charge < -0.3 is 9.73 Å². The molecule has 4 N–H and O–H groups in total. The fourth-order valence-electron chi connectivity index (χ4n) is 2.43. The van der Waals surface area contributed by atoms with E-state index in [2.05, 4.69) is 10.2 Å². The van der Waals surface area contributed by atoms with Crippen LogP contribution >= 0.6 is 0 Å². The van der Waals surface area contributed by atoms with Crippen LogP contribution in [0.4, 0.5) is 0 Å². The molecule has 7 heteroatoms. The predicted molar refractivity (Wildman–Crippen MR) is 72.4 cm³/mol. The van der Waals surface area contributed by atoms with Crippen molar-refractivity contribution in [3.8, 4) is 0 Å². The minimum Gasteiger partial charge on any atom is -0.455 e. The van der Waals surface area contributed by atoms with Crippen molar-refractivity contribution in [3.63, 3.8) is 0 Å². The summed E-state index contributed by atoms with van der Waals surface area (Å²) in [6.45, 7) is 2.33. The number of piperidine rings is 1. The average Bonchev–Trinajstić information content (AvgIpc) is 2.95. The lowest BCUT2D eigenvalue weighted by Gasteiger charge is -2.30. The van der Waals surface area contributed by atoms with Crippen LogP contribution in [0.1, 0.15) is 29.2 Å². The third kappa shape index (κ3) is 3.37. The van der Waals surface area contributed by atoms with Crippen LogP contribution in [0, 0.1) is 5.92 Å². The predicted octanol–water partition coefficient (Wildman–Crippen LogP) is -0.159. The van der Waals surface area contributed by atoms with Gasteiger partial charge in [0.2, 0.25) is 5.91 Å². The van der Waals surface area contributed by atoms with Crippen LogP contribution in [-0.4, -0.2) is 36.9 Å². The summed E-state index contributed by atoms with van der Waals surface area (Å²) in [5.74, 6) is 5.76. The number of nitrogens with two attached hydrogens (primary N) is 1. The topological polar surface area (TPSA) is 101 Å². The fourth-order valence-corrected chi connectivity index (χ4v) is 2.43. The molecule has 1 aromatic heterocycles. The number of likely N-dealkylation sites (tertiary alicyclic amines) is 1. The summed E-state index contributed by atoms with van der Waals surface area (Å²) in [4.78, 5) is 25.0. The highest BCUT2D eigenvalue weighted by molar-refractivity contribution is 5.90. The minimum absolute atomic E-state index is 0.103. The Hall–Kier alpha value is -1.86. The van der Waals surface area contributed by atoms with Gasteiger partial charge in [0.1, 0.15) is 5.76 Å². The molecule has 1 aliphatic rings. The third-order valence-electron chi connectivity index (χ3n) is 3.60. The van der Waals surface area contributed by atoms with E-state index in [1.807, 2.05) is 5.43 Å². The first-order valence-electron chi connectivity index (χ1n) is 6.67. The lowest BCUT2D eigenvalue weighted by molar-refractivity contribution is -0.125. The van der Waals surface area contributed by atoms with Gasteiger partial charge in [-0.3, -0.25) is 19.9 Å². The number of carbonyl (C=O) groups excluding carboxylic acids is 2. The molecule has 0 radical (unpaired) electrons. The summed E-state index contributed by atoms with van der Waals surface area (Å²) < 4.78 is 5.42. The first-order chi connectivity index (χ1) is 9.63. The lowest BCUT2D eigenvalue weighted by Crippen LogP contribution is -2.39. The van der Waals surface area contributed by atoms with E-state index in [9.17, 15) is 9.59 Å². The Morgan fingerprint density at radius 3 is 2.70 bits per heavy atom. The molecule has 0 atom stereocenters. The quantitative estimate of drug-likeness (QED) is 0.404. The third-order valence-corrected chi connectivity index (χ3v) is 3.60. The number of nitrogens with zero attached hydrogens (tertiary/aromatic N) is 1. The van der Waals surface area contributed by atoms with Crippen LogP contribution in [0.15, 0.2) is 16.5 Å². The van der Waals surface area contributed by atoms with Crippen molar-refractivity contribution in [2.24, 2.45) is 11.8 Å². The van der Waals surface area contributed by atoms with Gasteiger partial charge in [-0.2, -0.15) is 0 Å². The Morgan fingerprint density at radius 1 is 1.40 bits per heavy atom. The van der Waals surface area contributed by atoms with E-state index < -0.39 is 5.91 Å². The van der Waals surface area contributed by atoms with Crippen LogP contribution in [-0.2, 0) is 11.3 Å². The number of hydrogen-bond donors (Lipinski definition) is 3. The Kier molecular flexibility index (Phi) is 4.75. The molecule has 0 saturated carbocycles. The molecule has 0 unspecified atom stereocenters. The molecule has 2 rings (SSSR count). The van der Waals surface area contributed by atoms with Crippen LogP contribution in [0.5, 0.6) is 0 Å². The number of carbonyl (C=O) groups is 2. The smallest absolute Gasteiger partial charge is 0.300 e. The maximum Gasteiger partial charge on any atom is 0.300 e. The summed E-state index contributed by atoms with van der Waals surface area (Å²) in [6.07, 6.45) is 1.69. The molecule has 2 amide bonds. The van der Waals surface area contributed by atoms with E-state index in [1.54, 1.807) is 19.2 Å². The Morgan fingerprint density at radius 2 is 2.10 bits per heavy atom. The van der Waals surface area contributed by atoms with E-state index in [4.69, 9.17) is 10.3 Å². The molecule has 110 valence electrons. The zero-order chi connectivity index (χ0) is 14.5. The molecule has 1 saturated heterocycles. The molecule has 2 heterocycles. The summed E-state index contributed by atoms with van der Waals surface area (Å²) in [5.41, 5.74) is 2.03. The zero-order valence-electron chi connectivity index (χ0n) is 11.5. The minimum atomic E-state index is -0.436. The molecule has 0 aromatic carbocycles. The molecule has 1 fully saturated rings. The highest BCUT2D eigenvalue weighted by Crippen LogP contribution is 2.19. The standard InChI is InChI=1S/C13H20N4O3/c1-15-12(18)9-4-6-17(7-5-9)8-10-2-3-11(20-10)13(19)16-14/h2-3,9H,4-8,14H2,1H3,(H,15,18)(H,16,19). The van der Waals surface area contributed by atoms with Crippen molar-refractivity contribution in [3.05, 3.63) is 23.7 Å². The average molecular weight is 280 g/mol. The molecule has 0 aliphatic carbocycles. The summed E-state index contributed by atoms with van der Waals surface area (Å²) in [6, 6.07) is 3.38. The second-order valence-corrected chi connectivity index (χ2v) is 4.90. The summed E-state index contributed by atoms with van der Waals surface area (Å²) in [7, 11) is 1.67. The van der Waals surface area contributed by atoms with Crippen molar-refractivity contribution in [2.45, 2.75) is 19.4 Å². The maximum atomic E-state index is 11.5. The molecule has 1 aromatic rings. The van der Waals surface area contributed by atoms with E-state index in [-0.39, 0.29) is 17.6 Å². The molecular weight excluding hydrogens is 260 g/mol. The largest absolute Gasteiger partial charge is 0.455 e. The van der Waals surface area contributed by atoms with Crippen LogP contribution < -0.4 is 16.6 Å². The molecular formula is C13H20N4O3. The number of rotatable bonds is 4. The van der Waals surface area contributed by atoms with Crippen LogP contribution in [0.25, 0.3) is 0 Å². The molecule has 0 spiro atoms. The van der Waals surface area contributed by atoms with Crippen molar-refractivity contribution in [1.82, 2.24) is 15.6 Å². The van der Waals surface area contributed by atoms with Gasteiger partial charge in [-0.25, -0.2) is 5.84 Å². The SMILES string of the molecule is CNC(=O)C1CCN(Cc2ccc(C(=O)NN)o2)CC1. The molecule has 20 heavy (non-hydrogen) atoms. The number of nitrogen functional groups attached to an aromatic ring is 1. The normalized spacial score (nSPS) is 16.9. The first-order valence-corrected chi connectivity index (χ1v) is 6.67. The van der Waals surface area contributed by atoms with Crippen molar-refractivity contribution in [1.29, 1.82) is 0 Å². The van der Waals surface area contributed by atoms with Crippen molar-refractivity contribution in [2.75, 3.05) is 20.1 Å². The number of amides is 2. The summed E-state index contributed by atoms with van der Waals surface area (Å²) >= 11 is 0. The number of hydrogen-bond acceptors (Lipinski definition) is 5. The van der Waals surface area contributed by atoms with Crippen molar-refractivity contribution >= 4 is 11.8 Å².